The topological polar surface area (TPSA) is 37.4 Å². The summed E-state index contributed by atoms with van der Waals surface area (Å²) in [7, 11) is 0. The van der Waals surface area contributed by atoms with Gasteiger partial charge in [-0.25, -0.2) is 0 Å². The van der Waals surface area contributed by atoms with Gasteiger partial charge in [0.05, 0.1) is 11.5 Å². The molecule has 1 saturated heterocycles. The van der Waals surface area contributed by atoms with Gasteiger partial charge in [0.25, 0.3) is 0 Å². The van der Waals surface area contributed by atoms with Crippen molar-refractivity contribution < 1.29 is 9.59 Å². The Morgan fingerprint density at radius 1 is 1.18 bits per heavy atom. The Kier molecular flexibility index (Phi) is 8.08. The van der Waals surface area contributed by atoms with E-state index in [0.717, 1.165) is 11.1 Å². The largest absolute Gasteiger partial charge is 0.331 e. The van der Waals surface area contributed by atoms with E-state index in [1.807, 2.05) is 74.2 Å². The van der Waals surface area contributed by atoms with Gasteiger partial charge in [0.2, 0.25) is 5.91 Å². The fourth-order valence-electron chi connectivity index (χ4n) is 5.31. The lowest BCUT2D eigenvalue weighted by atomic mass is 9.66. The number of halogens is 2. The molecule has 3 nitrogen and oxygen atoms in total. The minimum Gasteiger partial charge on any atom is -0.331 e. The van der Waals surface area contributed by atoms with Crippen molar-refractivity contribution in [3.63, 3.8) is 0 Å². The van der Waals surface area contributed by atoms with Crippen molar-refractivity contribution >= 4 is 34.9 Å². The Balaban J connectivity index is 2.27. The molecule has 0 saturated carbocycles. The molecule has 33 heavy (non-hydrogen) atoms. The first-order valence-electron chi connectivity index (χ1n) is 11.6. The van der Waals surface area contributed by atoms with E-state index in [0.29, 0.717) is 29.3 Å². The van der Waals surface area contributed by atoms with E-state index in [2.05, 4.69) is 12.6 Å². The number of amides is 1. The number of hydrogen-bond acceptors (Lipinski definition) is 2. The van der Waals surface area contributed by atoms with Crippen LogP contribution in [-0.4, -0.2) is 22.6 Å². The van der Waals surface area contributed by atoms with Gasteiger partial charge in [0.1, 0.15) is 5.78 Å². The highest BCUT2D eigenvalue weighted by Gasteiger charge is 2.51. The Hall–Kier alpha value is -2.10. The summed E-state index contributed by atoms with van der Waals surface area (Å²) in [6.07, 6.45) is 3.73. The predicted octanol–water partition coefficient (Wildman–Crippen LogP) is 7.64. The number of benzene rings is 2. The van der Waals surface area contributed by atoms with E-state index in [1.54, 1.807) is 6.92 Å². The maximum Gasteiger partial charge on any atom is 0.229 e. The number of likely N-dealkylation sites (tertiary alicyclic amines) is 1. The van der Waals surface area contributed by atoms with Gasteiger partial charge in [0.15, 0.2) is 0 Å². The van der Waals surface area contributed by atoms with Gasteiger partial charge in [-0.2, -0.15) is 0 Å². The molecular formula is C28H33Cl2NO2. The molecule has 176 valence electrons. The zero-order valence-corrected chi connectivity index (χ0v) is 21.4. The van der Waals surface area contributed by atoms with E-state index >= 15 is 0 Å². The zero-order valence-electron chi connectivity index (χ0n) is 19.9. The standard InChI is InChI=1S/C28H33Cl2NO2/c1-6-15-28(5)17-24(21-9-8-10-23(30)16-21)26(20-11-13-22(29)14-12-20)31(27(28)33)25(7-2)18(3)19(4)32/h6,8-14,16,18,24-26H,1,7,15,17H2,2-5H3/t18-,24+,25-,26+,28-/m0/s1. The Labute approximate surface area is 207 Å². The second-order valence-corrected chi connectivity index (χ2v) is 10.4. The highest BCUT2D eigenvalue weighted by molar-refractivity contribution is 6.30. The van der Waals surface area contributed by atoms with Crippen molar-refractivity contribution in [1.29, 1.82) is 0 Å². The molecule has 0 aliphatic carbocycles. The molecule has 1 heterocycles. The van der Waals surface area contributed by atoms with E-state index < -0.39 is 5.41 Å². The first-order chi connectivity index (χ1) is 15.6. The summed E-state index contributed by atoms with van der Waals surface area (Å²) in [5.74, 6) is -0.124. The van der Waals surface area contributed by atoms with Crippen LogP contribution in [0.25, 0.3) is 0 Å². The molecule has 1 aliphatic rings. The van der Waals surface area contributed by atoms with Gasteiger partial charge < -0.3 is 4.90 Å². The van der Waals surface area contributed by atoms with Crippen molar-refractivity contribution in [3.8, 4) is 0 Å². The fraction of sp³-hybridized carbons (Fsp3) is 0.429. The van der Waals surface area contributed by atoms with Gasteiger partial charge in [-0.1, -0.05) is 74.3 Å². The molecule has 0 spiro atoms. The molecule has 0 N–H and O–H groups in total. The molecule has 2 aromatic carbocycles. The first kappa shape index (κ1) is 25.5. The molecule has 1 aliphatic heterocycles. The normalized spacial score (nSPS) is 24.9. The number of carbonyl (C=O) groups is 2. The number of ketones is 1. The van der Waals surface area contributed by atoms with E-state index in [9.17, 15) is 9.59 Å². The highest BCUT2D eigenvalue weighted by atomic mass is 35.5. The lowest BCUT2D eigenvalue weighted by molar-refractivity contribution is -0.157. The van der Waals surface area contributed by atoms with Crippen LogP contribution in [0.1, 0.15) is 70.0 Å². The Morgan fingerprint density at radius 3 is 2.39 bits per heavy atom. The SMILES string of the molecule is C=CC[C@@]1(C)C[C@H](c2cccc(Cl)c2)[C@@H](c2ccc(Cl)cc2)N([C@@H](CC)[C@@H](C)C(C)=O)C1=O. The summed E-state index contributed by atoms with van der Waals surface area (Å²) in [5.41, 5.74) is 1.47. The average Bonchev–Trinajstić information content (AvgIpc) is 2.77. The molecule has 1 fully saturated rings. The first-order valence-corrected chi connectivity index (χ1v) is 12.3. The number of hydrogen-bond donors (Lipinski definition) is 0. The van der Waals surface area contributed by atoms with Crippen LogP contribution >= 0.6 is 23.2 Å². The van der Waals surface area contributed by atoms with Crippen LogP contribution in [0.3, 0.4) is 0 Å². The third-order valence-corrected chi connectivity index (χ3v) is 7.67. The van der Waals surface area contributed by atoms with Gasteiger partial charge in [0, 0.05) is 27.9 Å². The summed E-state index contributed by atoms with van der Waals surface area (Å²) in [5, 5.41) is 1.31. The number of piperidine rings is 1. The summed E-state index contributed by atoms with van der Waals surface area (Å²) in [4.78, 5) is 28.6. The molecule has 0 radical (unpaired) electrons. The molecule has 0 unspecified atom stereocenters. The Morgan fingerprint density at radius 2 is 1.85 bits per heavy atom. The zero-order chi connectivity index (χ0) is 24.3. The van der Waals surface area contributed by atoms with Gasteiger partial charge in [-0.05, 0) is 61.6 Å². The number of allylic oxidation sites excluding steroid dienone is 1. The molecule has 5 atom stereocenters. The fourth-order valence-corrected chi connectivity index (χ4v) is 5.64. The van der Waals surface area contributed by atoms with Crippen LogP contribution in [0.15, 0.2) is 61.2 Å². The number of Topliss-reactive ketones (excluding diaryl/α,β-unsaturated/α-hetero) is 1. The molecule has 0 bridgehead atoms. The van der Waals surface area contributed by atoms with Crippen LogP contribution in [-0.2, 0) is 9.59 Å². The van der Waals surface area contributed by atoms with Gasteiger partial charge >= 0.3 is 0 Å². The summed E-state index contributed by atoms with van der Waals surface area (Å²) in [6, 6.07) is 15.1. The summed E-state index contributed by atoms with van der Waals surface area (Å²) >= 11 is 12.6. The molecule has 2 aromatic rings. The van der Waals surface area contributed by atoms with E-state index in [-0.39, 0.29) is 35.6 Å². The number of nitrogens with zero attached hydrogens (tertiary/aromatic N) is 1. The Bertz CT molecular complexity index is 1020. The maximum atomic E-state index is 14.2. The van der Waals surface area contributed by atoms with Crippen molar-refractivity contribution in [2.75, 3.05) is 0 Å². The molecular weight excluding hydrogens is 453 g/mol. The lowest BCUT2D eigenvalue weighted by Gasteiger charge is -2.53. The molecule has 0 aromatic heterocycles. The van der Waals surface area contributed by atoms with Crippen LogP contribution in [0.5, 0.6) is 0 Å². The smallest absolute Gasteiger partial charge is 0.229 e. The maximum absolute atomic E-state index is 14.2. The molecule has 5 heteroatoms. The summed E-state index contributed by atoms with van der Waals surface area (Å²) < 4.78 is 0. The minimum atomic E-state index is -0.623. The monoisotopic (exact) mass is 485 g/mol. The predicted molar refractivity (Wildman–Crippen MR) is 137 cm³/mol. The van der Waals surface area contributed by atoms with Crippen LogP contribution < -0.4 is 0 Å². The third kappa shape index (κ3) is 5.20. The average molecular weight is 486 g/mol. The van der Waals surface area contributed by atoms with E-state index in [4.69, 9.17) is 23.2 Å². The minimum absolute atomic E-state index is 0.000679. The molecule has 1 amide bonds. The van der Waals surface area contributed by atoms with Crippen molar-refractivity contribution in [2.45, 2.75) is 65.0 Å². The summed E-state index contributed by atoms with van der Waals surface area (Å²) in [6.45, 7) is 11.5. The van der Waals surface area contributed by atoms with Crippen molar-refractivity contribution in [2.24, 2.45) is 11.3 Å². The van der Waals surface area contributed by atoms with Gasteiger partial charge in [-0.15, -0.1) is 6.58 Å². The van der Waals surface area contributed by atoms with Gasteiger partial charge in [-0.3, -0.25) is 9.59 Å². The quantitative estimate of drug-likeness (QED) is 0.360. The van der Waals surface area contributed by atoms with Crippen molar-refractivity contribution in [1.82, 2.24) is 4.90 Å². The highest BCUT2D eigenvalue weighted by Crippen LogP contribution is 2.52. The van der Waals surface area contributed by atoms with Crippen LogP contribution in [0.2, 0.25) is 10.0 Å². The van der Waals surface area contributed by atoms with E-state index in [1.165, 1.54) is 0 Å². The number of rotatable bonds is 8. The second-order valence-electron chi connectivity index (χ2n) is 9.50. The van der Waals surface area contributed by atoms with Crippen LogP contribution in [0, 0.1) is 11.3 Å². The molecule has 3 rings (SSSR count). The lowest BCUT2D eigenvalue weighted by Crippen LogP contribution is -2.57. The second kappa shape index (κ2) is 10.4. The number of carbonyl (C=O) groups excluding carboxylic acids is 2. The third-order valence-electron chi connectivity index (χ3n) is 7.18. The van der Waals surface area contributed by atoms with Crippen LogP contribution in [0.4, 0.5) is 0 Å². The van der Waals surface area contributed by atoms with Crippen molar-refractivity contribution in [3.05, 3.63) is 82.4 Å².